The molecule has 116 valence electrons. The molecule has 4 atom stereocenters. The number of carbonyl (C=O) groups excluding carboxylic acids is 2. The molecule has 2 saturated carbocycles. The van der Waals surface area contributed by atoms with Crippen LogP contribution in [0.25, 0.3) is 0 Å². The third kappa shape index (κ3) is 7.77. The maximum Gasteiger partial charge on any atom is 2.00 e. The van der Waals surface area contributed by atoms with E-state index in [1.165, 1.54) is 0 Å². The molecule has 0 radical (unpaired) electrons. The van der Waals surface area contributed by atoms with Gasteiger partial charge in [-0.3, -0.25) is 0 Å². The molecule has 2 aliphatic carbocycles. The van der Waals surface area contributed by atoms with Crippen LogP contribution in [0.1, 0.15) is 51.4 Å². The number of hydrogen-bond donors (Lipinski definition) is 0. The first kappa shape index (κ1) is 21.8. The molecule has 2 rings (SSSR count). The average Bonchev–Trinajstić information content (AvgIpc) is 2.40. The summed E-state index contributed by atoms with van der Waals surface area (Å²) in [6, 6.07) is 0. The maximum atomic E-state index is 10.4. The summed E-state index contributed by atoms with van der Waals surface area (Å²) in [6.45, 7) is 0. The van der Waals surface area contributed by atoms with Crippen molar-refractivity contribution >= 4 is 43.8 Å². The second-order valence-corrected chi connectivity index (χ2v) is 7.80. The smallest absolute Gasteiger partial charge is 0.550 e. The van der Waals surface area contributed by atoms with Gasteiger partial charge in [0, 0.05) is 33.4 Å². The van der Waals surface area contributed by atoms with Gasteiger partial charge >= 0.3 is 27.7 Å². The molecule has 0 spiro atoms. The maximum absolute atomic E-state index is 10.4. The predicted molar refractivity (Wildman–Crippen MR) is 79.4 cm³/mol. The molecule has 0 aromatic rings. The van der Waals surface area contributed by atoms with Crippen LogP contribution in [0.15, 0.2) is 0 Å². The van der Waals surface area contributed by atoms with Crippen LogP contribution in [0.5, 0.6) is 0 Å². The van der Waals surface area contributed by atoms with E-state index < -0.39 is 11.9 Å². The zero-order chi connectivity index (χ0) is 15.1. The molecule has 2 fully saturated rings. The molecule has 0 bridgehead atoms. The number of carboxylic acids is 2. The molecule has 0 saturated heterocycles. The van der Waals surface area contributed by atoms with Crippen LogP contribution in [-0.2, 0) is 37.3 Å². The number of carboxylic acid groups (broad SMARTS) is 2. The monoisotopic (exact) mass is 612 g/mol. The van der Waals surface area contributed by atoms with Crippen molar-refractivity contribution in [1.82, 2.24) is 0 Å². The van der Waals surface area contributed by atoms with E-state index in [0.29, 0.717) is 0 Å². The van der Waals surface area contributed by atoms with E-state index in [2.05, 4.69) is 31.9 Å². The van der Waals surface area contributed by atoms with Crippen LogP contribution in [0, 0.1) is 11.8 Å². The van der Waals surface area contributed by atoms with Gasteiger partial charge in [0.15, 0.2) is 0 Å². The van der Waals surface area contributed by atoms with Gasteiger partial charge in [-0.05, 0) is 25.7 Å². The Kier molecular flexibility index (Phi) is 11.8. The molecule has 0 aromatic carbocycles. The number of rotatable bonds is 2. The second kappa shape index (κ2) is 11.4. The standard InChI is InChI=1S/2C7H11BrO2.Hg/c2*8-6-4-2-1-3-5(6)7(9)10;/h2*5-6H,1-4H2,(H,9,10);/q;;+2/p-2. The minimum absolute atomic E-state index is 0. The molecule has 4 nitrogen and oxygen atoms in total. The Morgan fingerprint density at radius 3 is 1.19 bits per heavy atom. The topological polar surface area (TPSA) is 80.3 Å². The minimum atomic E-state index is -0.901. The van der Waals surface area contributed by atoms with E-state index in [1.807, 2.05) is 0 Å². The van der Waals surface area contributed by atoms with Crippen molar-refractivity contribution in [2.75, 3.05) is 0 Å². The van der Waals surface area contributed by atoms with Crippen molar-refractivity contribution < 1.29 is 47.5 Å². The molecule has 21 heavy (non-hydrogen) atoms. The molecular formula is C14H20Br2HgO4. The van der Waals surface area contributed by atoms with E-state index in [0.717, 1.165) is 51.4 Å². The summed E-state index contributed by atoms with van der Waals surface area (Å²) in [4.78, 5) is 21.1. The second-order valence-electron chi connectivity index (χ2n) is 5.45. The largest absolute Gasteiger partial charge is 2.00 e. The number of halogens is 2. The molecule has 0 amide bonds. The van der Waals surface area contributed by atoms with Gasteiger partial charge in [0.1, 0.15) is 0 Å². The minimum Gasteiger partial charge on any atom is -0.550 e. The number of aliphatic carboxylic acids is 2. The summed E-state index contributed by atoms with van der Waals surface area (Å²) in [5.74, 6) is -2.31. The van der Waals surface area contributed by atoms with Gasteiger partial charge in [0.2, 0.25) is 0 Å². The third-order valence-electron chi connectivity index (χ3n) is 3.97. The van der Waals surface area contributed by atoms with Crippen molar-refractivity contribution in [3.63, 3.8) is 0 Å². The zero-order valence-corrected chi connectivity index (χ0v) is 20.7. The fourth-order valence-electron chi connectivity index (χ4n) is 2.70. The van der Waals surface area contributed by atoms with E-state index in [-0.39, 0.29) is 49.2 Å². The number of hydrogen-bond acceptors (Lipinski definition) is 4. The average molecular weight is 613 g/mol. The van der Waals surface area contributed by atoms with Gasteiger partial charge in [-0.2, -0.15) is 0 Å². The summed E-state index contributed by atoms with van der Waals surface area (Å²) >= 11 is 6.67. The van der Waals surface area contributed by atoms with Crippen molar-refractivity contribution in [2.45, 2.75) is 61.0 Å². The Bertz CT molecular complexity index is 309. The van der Waals surface area contributed by atoms with Crippen LogP contribution in [-0.4, -0.2) is 21.6 Å². The first-order valence-corrected chi connectivity index (χ1v) is 8.96. The molecule has 4 unspecified atom stereocenters. The van der Waals surface area contributed by atoms with E-state index >= 15 is 0 Å². The quantitative estimate of drug-likeness (QED) is 0.349. The van der Waals surface area contributed by atoms with Gasteiger partial charge in [-0.25, -0.2) is 0 Å². The molecule has 0 N–H and O–H groups in total. The molecule has 0 heterocycles. The molecule has 0 aromatic heterocycles. The van der Waals surface area contributed by atoms with Gasteiger partial charge in [-0.15, -0.1) is 0 Å². The van der Waals surface area contributed by atoms with Gasteiger partial charge in [-0.1, -0.05) is 57.5 Å². The van der Waals surface area contributed by atoms with E-state index in [4.69, 9.17) is 0 Å². The molecule has 7 heteroatoms. The predicted octanol–water partition coefficient (Wildman–Crippen LogP) is 1.38. The Labute approximate surface area is 163 Å². The summed E-state index contributed by atoms with van der Waals surface area (Å²) in [5, 5.41) is 20.8. The molecule has 0 aliphatic heterocycles. The Morgan fingerprint density at radius 2 is 1.00 bits per heavy atom. The van der Waals surface area contributed by atoms with Crippen LogP contribution >= 0.6 is 31.9 Å². The summed E-state index contributed by atoms with van der Waals surface area (Å²) in [6.07, 6.45) is 7.83. The summed E-state index contributed by atoms with van der Waals surface area (Å²) in [5.41, 5.74) is 0. The van der Waals surface area contributed by atoms with Crippen molar-refractivity contribution in [1.29, 1.82) is 0 Å². The third-order valence-corrected chi connectivity index (χ3v) is 6.16. The Morgan fingerprint density at radius 1 is 0.714 bits per heavy atom. The van der Waals surface area contributed by atoms with Crippen LogP contribution in [0.4, 0.5) is 0 Å². The zero-order valence-electron chi connectivity index (χ0n) is 12.1. The summed E-state index contributed by atoms with van der Waals surface area (Å²) < 4.78 is 0. The first-order valence-electron chi connectivity index (χ1n) is 7.13. The van der Waals surface area contributed by atoms with Gasteiger partial charge in [0.25, 0.3) is 0 Å². The van der Waals surface area contributed by atoms with Crippen LogP contribution in [0.3, 0.4) is 0 Å². The number of alkyl halides is 2. The SMILES string of the molecule is O=C([O-])C1CCCCC1Br.O=C([O-])C1CCCCC1Br.[Hg+2]. The van der Waals surface area contributed by atoms with Gasteiger partial charge in [0.05, 0.1) is 0 Å². The number of carbonyl (C=O) groups is 2. The molecule has 2 aliphatic rings. The van der Waals surface area contributed by atoms with Crippen molar-refractivity contribution in [3.8, 4) is 0 Å². The first-order chi connectivity index (χ1) is 9.43. The van der Waals surface area contributed by atoms with E-state index in [9.17, 15) is 19.8 Å². The van der Waals surface area contributed by atoms with Crippen molar-refractivity contribution in [3.05, 3.63) is 0 Å². The van der Waals surface area contributed by atoms with Crippen molar-refractivity contribution in [2.24, 2.45) is 11.8 Å². The normalized spacial score (nSPS) is 32.1. The Balaban J connectivity index is 0.000000364. The van der Waals surface area contributed by atoms with Crippen LogP contribution < -0.4 is 10.2 Å². The fourth-order valence-corrected chi connectivity index (χ4v) is 4.31. The molecular weight excluding hydrogens is 593 g/mol. The van der Waals surface area contributed by atoms with E-state index in [1.54, 1.807) is 0 Å². The fraction of sp³-hybridized carbons (Fsp3) is 0.857. The summed E-state index contributed by atoms with van der Waals surface area (Å²) in [7, 11) is 0. The van der Waals surface area contributed by atoms with Crippen LogP contribution in [0.2, 0.25) is 0 Å². The van der Waals surface area contributed by atoms with Gasteiger partial charge < -0.3 is 19.8 Å². The Hall–Kier alpha value is 0.835.